The third-order valence-corrected chi connectivity index (χ3v) is 3.04. The van der Waals surface area contributed by atoms with Crippen LogP contribution in [0.1, 0.15) is 18.5 Å². The molecule has 0 unspecified atom stereocenters. The van der Waals surface area contributed by atoms with Gasteiger partial charge >= 0.3 is 0 Å². The van der Waals surface area contributed by atoms with Crippen LogP contribution in [0.5, 0.6) is 5.75 Å². The Bertz CT molecular complexity index is 368. The van der Waals surface area contributed by atoms with Gasteiger partial charge in [0.15, 0.2) is 11.6 Å². The van der Waals surface area contributed by atoms with Crippen LogP contribution >= 0.6 is 24.8 Å². The second-order valence-electron chi connectivity index (χ2n) is 4.30. The summed E-state index contributed by atoms with van der Waals surface area (Å²) in [5.74, 6) is 1.80. The molecule has 1 fully saturated rings. The molecule has 0 aromatic carbocycles. The van der Waals surface area contributed by atoms with Crippen molar-refractivity contribution in [2.75, 3.05) is 25.1 Å². The summed E-state index contributed by atoms with van der Waals surface area (Å²) in [6.07, 6.45) is 2.05. The van der Waals surface area contributed by atoms with Gasteiger partial charge in [-0.05, 0) is 31.9 Å². The van der Waals surface area contributed by atoms with Gasteiger partial charge in [0.25, 0.3) is 0 Å². The molecular weight excluding hydrogens is 273 g/mol. The van der Waals surface area contributed by atoms with Crippen LogP contribution in [0.15, 0.2) is 12.1 Å². The fraction of sp³-hybridized carbons (Fsp3) is 0.583. The molecule has 4 nitrogen and oxygen atoms in total. The summed E-state index contributed by atoms with van der Waals surface area (Å²) in [5, 5.41) is 0. The molecule has 0 bridgehead atoms. The topological polar surface area (TPSA) is 51.4 Å². The predicted molar refractivity (Wildman–Crippen MR) is 79.4 cm³/mol. The molecule has 0 aliphatic carbocycles. The molecule has 1 saturated heterocycles. The summed E-state index contributed by atoms with van der Waals surface area (Å²) < 4.78 is 5.34. The van der Waals surface area contributed by atoms with Gasteiger partial charge < -0.3 is 15.4 Å². The van der Waals surface area contributed by atoms with E-state index in [1.54, 1.807) is 7.11 Å². The van der Waals surface area contributed by atoms with Crippen LogP contribution in [0, 0.1) is 6.92 Å². The van der Waals surface area contributed by atoms with Crippen LogP contribution in [0.4, 0.5) is 5.82 Å². The minimum absolute atomic E-state index is 0. The molecule has 2 rings (SSSR count). The normalized spacial score (nSPS) is 15.6. The number of nitrogens with two attached hydrogens (primary N) is 1. The van der Waals surface area contributed by atoms with Crippen LogP contribution in [0.3, 0.4) is 0 Å². The third-order valence-electron chi connectivity index (χ3n) is 3.04. The number of hydrogen-bond acceptors (Lipinski definition) is 4. The molecule has 1 aliphatic heterocycles. The van der Waals surface area contributed by atoms with Gasteiger partial charge in [-0.25, -0.2) is 4.98 Å². The number of aryl methyl sites for hydroxylation is 1. The van der Waals surface area contributed by atoms with E-state index in [1.165, 1.54) is 0 Å². The minimum Gasteiger partial charge on any atom is -0.493 e. The maximum atomic E-state index is 5.90. The first-order valence-corrected chi connectivity index (χ1v) is 5.73. The number of methoxy groups -OCH3 is 1. The van der Waals surface area contributed by atoms with Crippen molar-refractivity contribution >= 4 is 30.6 Å². The van der Waals surface area contributed by atoms with E-state index >= 15 is 0 Å². The molecule has 0 amide bonds. The lowest BCUT2D eigenvalue weighted by Gasteiger charge is -2.32. The summed E-state index contributed by atoms with van der Waals surface area (Å²) in [5.41, 5.74) is 6.92. The summed E-state index contributed by atoms with van der Waals surface area (Å²) >= 11 is 0. The van der Waals surface area contributed by atoms with E-state index in [0.717, 1.165) is 43.2 Å². The summed E-state index contributed by atoms with van der Waals surface area (Å²) in [6, 6.07) is 4.29. The number of halogens is 2. The smallest absolute Gasteiger partial charge is 0.171 e. The Morgan fingerprint density at radius 1 is 1.28 bits per heavy atom. The molecule has 1 aliphatic rings. The van der Waals surface area contributed by atoms with E-state index in [2.05, 4.69) is 9.88 Å². The Morgan fingerprint density at radius 3 is 2.44 bits per heavy atom. The third kappa shape index (κ3) is 3.90. The number of rotatable bonds is 2. The van der Waals surface area contributed by atoms with Gasteiger partial charge in [0.1, 0.15) is 0 Å². The average Bonchev–Trinajstić information content (AvgIpc) is 2.30. The average molecular weight is 294 g/mol. The number of anilines is 1. The SMILES string of the molecule is COc1ccc(C)nc1N1CCC(N)CC1.Cl.Cl. The zero-order valence-electron chi connectivity index (χ0n) is 10.8. The lowest BCUT2D eigenvalue weighted by Crippen LogP contribution is -2.40. The van der Waals surface area contributed by atoms with Gasteiger partial charge in [0, 0.05) is 24.8 Å². The van der Waals surface area contributed by atoms with Gasteiger partial charge in [-0.3, -0.25) is 0 Å². The Hall–Kier alpha value is -0.710. The molecule has 18 heavy (non-hydrogen) atoms. The van der Waals surface area contributed by atoms with E-state index in [0.29, 0.717) is 6.04 Å². The minimum atomic E-state index is 0. The summed E-state index contributed by atoms with van der Waals surface area (Å²) in [4.78, 5) is 6.81. The zero-order chi connectivity index (χ0) is 11.5. The van der Waals surface area contributed by atoms with Crippen LogP contribution in [-0.4, -0.2) is 31.2 Å². The van der Waals surface area contributed by atoms with Crippen molar-refractivity contribution < 1.29 is 4.74 Å². The van der Waals surface area contributed by atoms with Crippen molar-refractivity contribution in [3.05, 3.63) is 17.8 Å². The van der Waals surface area contributed by atoms with Gasteiger partial charge in [0.05, 0.1) is 7.11 Å². The maximum Gasteiger partial charge on any atom is 0.171 e. The Morgan fingerprint density at radius 2 is 1.89 bits per heavy atom. The zero-order valence-corrected chi connectivity index (χ0v) is 12.4. The van der Waals surface area contributed by atoms with Gasteiger partial charge in [0.2, 0.25) is 0 Å². The van der Waals surface area contributed by atoms with Crippen molar-refractivity contribution in [2.24, 2.45) is 5.73 Å². The van der Waals surface area contributed by atoms with Crippen molar-refractivity contribution in [1.29, 1.82) is 0 Å². The molecule has 2 N–H and O–H groups in total. The highest BCUT2D eigenvalue weighted by atomic mass is 35.5. The molecule has 0 atom stereocenters. The first-order chi connectivity index (χ1) is 7.70. The first-order valence-electron chi connectivity index (χ1n) is 5.73. The van der Waals surface area contributed by atoms with Crippen LogP contribution < -0.4 is 15.4 Å². The Kier molecular flexibility index (Phi) is 7.36. The molecule has 2 heterocycles. The van der Waals surface area contributed by atoms with Gasteiger partial charge in [-0.15, -0.1) is 24.8 Å². The first kappa shape index (κ1) is 17.3. The second kappa shape index (κ2) is 7.67. The fourth-order valence-corrected chi connectivity index (χ4v) is 2.03. The van der Waals surface area contributed by atoms with Gasteiger partial charge in [-0.2, -0.15) is 0 Å². The van der Waals surface area contributed by atoms with E-state index in [4.69, 9.17) is 10.5 Å². The van der Waals surface area contributed by atoms with E-state index in [1.807, 2.05) is 19.1 Å². The van der Waals surface area contributed by atoms with E-state index in [9.17, 15) is 0 Å². The highest BCUT2D eigenvalue weighted by molar-refractivity contribution is 5.85. The quantitative estimate of drug-likeness (QED) is 0.908. The molecule has 1 aromatic heterocycles. The highest BCUT2D eigenvalue weighted by Gasteiger charge is 2.20. The Labute approximate surface area is 121 Å². The number of ether oxygens (including phenoxy) is 1. The van der Waals surface area contributed by atoms with Gasteiger partial charge in [-0.1, -0.05) is 0 Å². The number of piperidine rings is 1. The molecule has 0 spiro atoms. The lowest BCUT2D eigenvalue weighted by atomic mass is 10.1. The van der Waals surface area contributed by atoms with Crippen molar-refractivity contribution in [3.63, 3.8) is 0 Å². The number of pyridine rings is 1. The summed E-state index contributed by atoms with van der Waals surface area (Å²) in [7, 11) is 1.69. The van der Waals surface area contributed by atoms with E-state index in [-0.39, 0.29) is 24.8 Å². The lowest BCUT2D eigenvalue weighted by molar-refractivity contribution is 0.408. The number of nitrogens with zero attached hydrogens (tertiary/aromatic N) is 2. The molecule has 6 heteroatoms. The maximum absolute atomic E-state index is 5.90. The molecule has 0 saturated carbocycles. The monoisotopic (exact) mass is 293 g/mol. The Balaban J connectivity index is 0.00000144. The second-order valence-corrected chi connectivity index (χ2v) is 4.30. The standard InChI is InChI=1S/C12H19N3O.2ClH/c1-9-3-4-11(16-2)12(14-9)15-7-5-10(13)6-8-15;;/h3-4,10H,5-8,13H2,1-2H3;2*1H. The molecule has 104 valence electrons. The molecule has 0 radical (unpaired) electrons. The molecule has 1 aromatic rings. The fourth-order valence-electron chi connectivity index (χ4n) is 2.03. The predicted octanol–water partition coefficient (Wildman–Crippen LogP) is 2.17. The van der Waals surface area contributed by atoms with Crippen LogP contribution in [0.2, 0.25) is 0 Å². The van der Waals surface area contributed by atoms with Crippen LogP contribution in [-0.2, 0) is 0 Å². The van der Waals surface area contributed by atoms with Crippen LogP contribution in [0.25, 0.3) is 0 Å². The summed E-state index contributed by atoms with van der Waals surface area (Å²) in [6.45, 7) is 3.93. The number of aromatic nitrogens is 1. The van der Waals surface area contributed by atoms with Crippen molar-refractivity contribution in [3.8, 4) is 5.75 Å². The highest BCUT2D eigenvalue weighted by Crippen LogP contribution is 2.28. The van der Waals surface area contributed by atoms with Crippen molar-refractivity contribution in [1.82, 2.24) is 4.98 Å². The van der Waals surface area contributed by atoms with E-state index < -0.39 is 0 Å². The largest absolute Gasteiger partial charge is 0.493 e. The number of hydrogen-bond donors (Lipinski definition) is 1. The van der Waals surface area contributed by atoms with Crippen molar-refractivity contribution in [2.45, 2.75) is 25.8 Å². The molecular formula is C12H21Cl2N3O.